The number of rotatable bonds is 1. The van der Waals surface area contributed by atoms with E-state index in [1.165, 1.54) is 11.0 Å². The van der Waals surface area contributed by atoms with Gasteiger partial charge in [0.1, 0.15) is 5.54 Å². The first-order chi connectivity index (χ1) is 15.3. The largest absolute Gasteiger partial charge is 0.324 e. The number of fused-ring (bicyclic) bond motifs is 7. The van der Waals surface area contributed by atoms with Crippen molar-refractivity contribution in [2.24, 2.45) is 11.8 Å². The van der Waals surface area contributed by atoms with Crippen LogP contribution in [-0.4, -0.2) is 35.2 Å². The van der Waals surface area contributed by atoms with Crippen LogP contribution in [-0.2, 0) is 19.9 Å². The van der Waals surface area contributed by atoms with E-state index in [2.05, 4.69) is 10.2 Å². The van der Waals surface area contributed by atoms with Gasteiger partial charge in [-0.25, -0.2) is 4.90 Å². The lowest BCUT2D eigenvalue weighted by Crippen LogP contribution is -2.54. The molecule has 2 aromatic carbocycles. The molecule has 1 N–H and O–H groups in total. The highest BCUT2D eigenvalue weighted by atomic mass is 35.5. The van der Waals surface area contributed by atoms with E-state index < -0.39 is 23.3 Å². The lowest BCUT2D eigenvalue weighted by atomic mass is 9.75. The molecule has 0 bridgehead atoms. The maximum atomic E-state index is 13.9. The van der Waals surface area contributed by atoms with Crippen molar-refractivity contribution in [3.05, 3.63) is 56.5 Å². The van der Waals surface area contributed by atoms with Crippen molar-refractivity contribution in [3.8, 4) is 0 Å². The van der Waals surface area contributed by atoms with Gasteiger partial charge in [0.25, 0.3) is 0 Å². The van der Waals surface area contributed by atoms with Crippen LogP contribution in [0.5, 0.6) is 0 Å². The SMILES string of the molecule is Cc1cc(Cl)cc2c1NC(=O)[C@]21[C@@H]2C(=O)N(c3ccc(Cl)c(Cl)c3)C(=O)[C@@H]2[C@@H]2CCCN21. The normalized spacial score (nSPS) is 30.8. The summed E-state index contributed by atoms with van der Waals surface area (Å²) in [5, 5.41) is 4.08. The Kier molecular flexibility index (Phi) is 4.29. The monoisotopic (exact) mass is 489 g/mol. The highest BCUT2D eigenvalue weighted by molar-refractivity contribution is 6.42. The van der Waals surface area contributed by atoms with Gasteiger partial charge in [-0.1, -0.05) is 34.8 Å². The molecule has 4 aliphatic rings. The topological polar surface area (TPSA) is 69.7 Å². The van der Waals surface area contributed by atoms with Crippen molar-refractivity contribution in [3.63, 3.8) is 0 Å². The van der Waals surface area contributed by atoms with Crippen LogP contribution in [0.1, 0.15) is 24.0 Å². The number of anilines is 2. The van der Waals surface area contributed by atoms with Crippen molar-refractivity contribution in [1.29, 1.82) is 0 Å². The molecule has 1 spiro atoms. The maximum Gasteiger partial charge on any atom is 0.250 e. The highest BCUT2D eigenvalue weighted by Gasteiger charge is 2.74. The minimum atomic E-state index is -1.26. The Bertz CT molecular complexity index is 1250. The first-order valence-corrected chi connectivity index (χ1v) is 11.6. The number of aryl methyl sites for hydroxylation is 1. The number of hydrogen-bond acceptors (Lipinski definition) is 4. The number of carbonyl (C=O) groups is 3. The summed E-state index contributed by atoms with van der Waals surface area (Å²) < 4.78 is 0. The third-order valence-electron chi connectivity index (χ3n) is 7.42. The van der Waals surface area contributed by atoms with Gasteiger partial charge in [-0.05, 0) is 62.2 Å². The standard InChI is InChI=1S/C23H18Cl3N3O3/c1-10-7-11(24)8-13-19(10)27-22(32)23(13)18-17(16-3-2-6-28(16)23)20(30)29(21(18)31)12-4-5-14(25)15(26)9-12/h4-5,7-9,16-18H,2-3,6H2,1H3,(H,27,32)/t16-,17+,18-,23+/m0/s1. The van der Waals surface area contributed by atoms with Gasteiger partial charge < -0.3 is 5.32 Å². The van der Waals surface area contributed by atoms with E-state index in [9.17, 15) is 14.4 Å². The second kappa shape index (κ2) is 6.70. The third-order valence-corrected chi connectivity index (χ3v) is 8.38. The molecular weight excluding hydrogens is 473 g/mol. The van der Waals surface area contributed by atoms with Crippen molar-refractivity contribution in [2.75, 3.05) is 16.8 Å². The quantitative estimate of drug-likeness (QED) is 0.602. The summed E-state index contributed by atoms with van der Waals surface area (Å²) in [6.07, 6.45) is 1.60. The molecule has 0 unspecified atom stereocenters. The molecule has 0 aromatic heterocycles. The van der Waals surface area contributed by atoms with E-state index in [-0.39, 0.29) is 22.9 Å². The molecule has 3 fully saturated rings. The molecule has 3 amide bonds. The zero-order chi connectivity index (χ0) is 22.5. The lowest BCUT2D eigenvalue weighted by molar-refractivity contribution is -0.135. The molecule has 0 radical (unpaired) electrons. The fraction of sp³-hybridized carbons (Fsp3) is 0.348. The van der Waals surface area contributed by atoms with Gasteiger partial charge in [-0.15, -0.1) is 0 Å². The molecule has 0 saturated carbocycles. The lowest BCUT2D eigenvalue weighted by Gasteiger charge is -2.36. The molecule has 4 heterocycles. The predicted octanol–water partition coefficient (Wildman–Crippen LogP) is 4.39. The summed E-state index contributed by atoms with van der Waals surface area (Å²) in [4.78, 5) is 44.5. The Hall–Kier alpha value is -2.12. The van der Waals surface area contributed by atoms with Gasteiger partial charge in [-0.3, -0.25) is 19.3 Å². The number of hydrogen-bond donors (Lipinski definition) is 1. The Balaban J connectivity index is 1.57. The smallest absolute Gasteiger partial charge is 0.250 e. The van der Waals surface area contributed by atoms with E-state index >= 15 is 0 Å². The van der Waals surface area contributed by atoms with Crippen molar-refractivity contribution < 1.29 is 14.4 Å². The predicted molar refractivity (Wildman–Crippen MR) is 122 cm³/mol. The van der Waals surface area contributed by atoms with Crippen LogP contribution in [0.15, 0.2) is 30.3 Å². The van der Waals surface area contributed by atoms with Crippen LogP contribution < -0.4 is 10.2 Å². The van der Waals surface area contributed by atoms with Crippen LogP contribution in [0.3, 0.4) is 0 Å². The Morgan fingerprint density at radius 1 is 1.03 bits per heavy atom. The van der Waals surface area contributed by atoms with E-state index in [0.29, 0.717) is 33.5 Å². The number of carbonyl (C=O) groups excluding carboxylic acids is 3. The van der Waals surface area contributed by atoms with Gasteiger partial charge in [-0.2, -0.15) is 0 Å². The molecule has 0 aliphatic carbocycles. The van der Waals surface area contributed by atoms with E-state index in [4.69, 9.17) is 34.8 Å². The summed E-state index contributed by atoms with van der Waals surface area (Å²) in [5.74, 6) is -2.42. The van der Waals surface area contributed by atoms with Crippen LogP contribution >= 0.6 is 34.8 Å². The van der Waals surface area contributed by atoms with Crippen LogP contribution in [0.2, 0.25) is 15.1 Å². The molecule has 6 nitrogen and oxygen atoms in total. The summed E-state index contributed by atoms with van der Waals surface area (Å²) in [6.45, 7) is 2.52. The minimum absolute atomic E-state index is 0.194. The summed E-state index contributed by atoms with van der Waals surface area (Å²) in [6, 6.07) is 8.04. The Morgan fingerprint density at radius 2 is 1.81 bits per heavy atom. The van der Waals surface area contributed by atoms with Crippen molar-refractivity contribution >= 4 is 63.9 Å². The van der Waals surface area contributed by atoms with E-state index in [1.54, 1.807) is 24.3 Å². The molecule has 4 aliphatic heterocycles. The zero-order valence-electron chi connectivity index (χ0n) is 17.0. The molecule has 3 saturated heterocycles. The molecule has 32 heavy (non-hydrogen) atoms. The second-order valence-corrected chi connectivity index (χ2v) is 10.1. The molecule has 4 atom stereocenters. The third kappa shape index (κ3) is 2.34. The molecule has 6 rings (SSSR count). The van der Waals surface area contributed by atoms with Gasteiger partial charge in [0.05, 0.1) is 27.6 Å². The number of nitrogens with zero attached hydrogens (tertiary/aromatic N) is 2. The first kappa shape index (κ1) is 20.5. The average Bonchev–Trinajstić information content (AvgIpc) is 3.44. The Labute approximate surface area is 199 Å². The number of amides is 3. The molecule has 2 aromatic rings. The van der Waals surface area contributed by atoms with Crippen LogP contribution in [0, 0.1) is 18.8 Å². The fourth-order valence-corrected chi connectivity index (χ4v) is 6.88. The number of benzene rings is 2. The Morgan fingerprint density at radius 3 is 2.56 bits per heavy atom. The van der Waals surface area contributed by atoms with Gasteiger partial charge >= 0.3 is 0 Å². The fourth-order valence-electron chi connectivity index (χ4n) is 6.31. The van der Waals surface area contributed by atoms with Gasteiger partial charge in [0, 0.05) is 22.3 Å². The summed E-state index contributed by atoms with van der Waals surface area (Å²) in [5.41, 5.74) is 1.30. The van der Waals surface area contributed by atoms with Crippen molar-refractivity contribution in [1.82, 2.24) is 4.90 Å². The number of nitrogens with one attached hydrogen (secondary N) is 1. The summed E-state index contributed by atoms with van der Waals surface area (Å²) >= 11 is 18.6. The average molecular weight is 491 g/mol. The van der Waals surface area contributed by atoms with Gasteiger partial charge in [0.15, 0.2) is 0 Å². The zero-order valence-corrected chi connectivity index (χ0v) is 19.3. The number of imide groups is 1. The number of halogens is 3. The highest BCUT2D eigenvalue weighted by Crippen LogP contribution is 2.61. The molecule has 9 heteroatoms. The van der Waals surface area contributed by atoms with Gasteiger partial charge in [0.2, 0.25) is 17.7 Å². The second-order valence-electron chi connectivity index (χ2n) is 8.88. The molecule has 164 valence electrons. The van der Waals surface area contributed by atoms with E-state index in [0.717, 1.165) is 18.4 Å². The first-order valence-electron chi connectivity index (χ1n) is 10.5. The van der Waals surface area contributed by atoms with E-state index in [1.807, 2.05) is 6.92 Å². The van der Waals surface area contributed by atoms with Crippen molar-refractivity contribution in [2.45, 2.75) is 31.3 Å². The maximum absolute atomic E-state index is 13.9. The summed E-state index contributed by atoms with van der Waals surface area (Å²) in [7, 11) is 0. The van der Waals surface area contributed by atoms with Crippen LogP contribution in [0.4, 0.5) is 11.4 Å². The van der Waals surface area contributed by atoms with Crippen LogP contribution in [0.25, 0.3) is 0 Å². The minimum Gasteiger partial charge on any atom is -0.324 e. The molecular formula is C23H18Cl3N3O3.